The van der Waals surface area contributed by atoms with Crippen molar-refractivity contribution in [3.63, 3.8) is 0 Å². The number of nitrogens with two attached hydrogens (primary N) is 1. The molecule has 1 heterocycles. The Bertz CT molecular complexity index is 527. The van der Waals surface area contributed by atoms with Gasteiger partial charge >= 0.3 is 0 Å². The van der Waals surface area contributed by atoms with E-state index in [4.69, 9.17) is 5.73 Å². The highest BCUT2D eigenvalue weighted by atomic mass is 32.2. The van der Waals surface area contributed by atoms with Crippen LogP contribution in [0.2, 0.25) is 0 Å². The summed E-state index contributed by atoms with van der Waals surface area (Å²) in [5.74, 6) is 1.19. The van der Waals surface area contributed by atoms with Gasteiger partial charge in [-0.15, -0.1) is 0 Å². The van der Waals surface area contributed by atoms with E-state index in [1.807, 2.05) is 30.1 Å². The average molecular weight is 261 g/mol. The van der Waals surface area contributed by atoms with Crippen LogP contribution in [0.5, 0.6) is 0 Å². The third kappa shape index (κ3) is 2.70. The van der Waals surface area contributed by atoms with E-state index in [1.165, 1.54) is 17.9 Å². The standard InChI is InChI=1S/C14H19N3S/c1-17(8-3-9-18-2)14-5-4-13(15)11-6-7-16-10-12(11)14/h4-7,10H,3,8-9,15H2,1-2H3. The number of hydrogen-bond donors (Lipinski definition) is 1. The van der Waals surface area contributed by atoms with Gasteiger partial charge in [0.15, 0.2) is 0 Å². The number of rotatable bonds is 5. The lowest BCUT2D eigenvalue weighted by molar-refractivity contribution is 0.863. The van der Waals surface area contributed by atoms with Crippen molar-refractivity contribution in [3.8, 4) is 0 Å². The van der Waals surface area contributed by atoms with Gasteiger partial charge < -0.3 is 10.6 Å². The van der Waals surface area contributed by atoms with E-state index in [9.17, 15) is 0 Å². The quantitative estimate of drug-likeness (QED) is 0.663. The fraction of sp³-hybridized carbons (Fsp3) is 0.357. The molecule has 4 heteroatoms. The first kappa shape index (κ1) is 13.0. The van der Waals surface area contributed by atoms with Crippen LogP contribution in [0.1, 0.15) is 6.42 Å². The molecule has 2 rings (SSSR count). The maximum atomic E-state index is 6.00. The molecule has 2 aromatic rings. The van der Waals surface area contributed by atoms with Crippen molar-refractivity contribution >= 4 is 33.9 Å². The summed E-state index contributed by atoms with van der Waals surface area (Å²) in [6.07, 6.45) is 7.01. The van der Waals surface area contributed by atoms with E-state index in [1.54, 1.807) is 6.20 Å². The molecule has 0 aliphatic rings. The lowest BCUT2D eigenvalue weighted by atomic mass is 10.1. The molecule has 0 saturated heterocycles. The van der Waals surface area contributed by atoms with Crippen LogP contribution in [0, 0.1) is 0 Å². The Balaban J connectivity index is 2.30. The summed E-state index contributed by atoms with van der Waals surface area (Å²) in [4.78, 5) is 6.48. The van der Waals surface area contributed by atoms with Crippen LogP contribution in [0.25, 0.3) is 10.8 Å². The molecule has 3 nitrogen and oxygen atoms in total. The van der Waals surface area contributed by atoms with Crippen LogP contribution in [0.4, 0.5) is 11.4 Å². The van der Waals surface area contributed by atoms with E-state index >= 15 is 0 Å². The van der Waals surface area contributed by atoms with Gasteiger partial charge in [0.25, 0.3) is 0 Å². The third-order valence-corrected chi connectivity index (χ3v) is 3.78. The molecule has 0 aliphatic heterocycles. The maximum Gasteiger partial charge on any atom is 0.0460 e. The highest BCUT2D eigenvalue weighted by Gasteiger charge is 2.07. The molecular formula is C14H19N3S. The van der Waals surface area contributed by atoms with Crippen LogP contribution in [0.15, 0.2) is 30.6 Å². The first-order valence-corrected chi connectivity index (χ1v) is 7.45. The van der Waals surface area contributed by atoms with Gasteiger partial charge in [0.2, 0.25) is 0 Å². The summed E-state index contributed by atoms with van der Waals surface area (Å²) in [5.41, 5.74) is 8.01. The highest BCUT2D eigenvalue weighted by molar-refractivity contribution is 7.98. The molecule has 0 atom stereocenters. The second-order valence-corrected chi connectivity index (χ2v) is 5.35. The minimum Gasteiger partial charge on any atom is -0.398 e. The van der Waals surface area contributed by atoms with Gasteiger partial charge in [0, 0.05) is 48.1 Å². The summed E-state index contributed by atoms with van der Waals surface area (Å²) >= 11 is 1.89. The van der Waals surface area contributed by atoms with Crippen molar-refractivity contribution in [2.24, 2.45) is 0 Å². The highest BCUT2D eigenvalue weighted by Crippen LogP contribution is 2.29. The molecule has 1 aromatic carbocycles. The zero-order valence-electron chi connectivity index (χ0n) is 10.9. The van der Waals surface area contributed by atoms with E-state index in [2.05, 4.69) is 29.3 Å². The summed E-state index contributed by atoms with van der Waals surface area (Å²) in [7, 11) is 2.12. The Labute approximate surface area is 112 Å². The number of nitrogens with zero attached hydrogens (tertiary/aromatic N) is 2. The van der Waals surface area contributed by atoms with Crippen molar-refractivity contribution in [2.45, 2.75) is 6.42 Å². The number of anilines is 2. The van der Waals surface area contributed by atoms with Crippen molar-refractivity contribution in [2.75, 3.05) is 36.2 Å². The number of thioether (sulfide) groups is 1. The van der Waals surface area contributed by atoms with Gasteiger partial charge in [-0.25, -0.2) is 0 Å². The summed E-state index contributed by atoms with van der Waals surface area (Å²) < 4.78 is 0. The molecule has 0 aliphatic carbocycles. The number of aromatic nitrogens is 1. The van der Waals surface area contributed by atoms with Gasteiger partial charge in [0.05, 0.1) is 0 Å². The molecule has 0 radical (unpaired) electrons. The number of benzene rings is 1. The van der Waals surface area contributed by atoms with E-state index in [0.717, 1.165) is 23.0 Å². The molecule has 2 N–H and O–H groups in total. The zero-order chi connectivity index (χ0) is 13.0. The van der Waals surface area contributed by atoms with Crippen molar-refractivity contribution in [1.29, 1.82) is 0 Å². The number of nitrogen functional groups attached to an aromatic ring is 1. The van der Waals surface area contributed by atoms with Crippen LogP contribution in [-0.4, -0.2) is 30.6 Å². The third-order valence-electron chi connectivity index (χ3n) is 3.08. The SMILES string of the molecule is CSCCCN(C)c1ccc(N)c2ccncc12. The summed E-state index contributed by atoms with van der Waals surface area (Å²) in [5, 5.41) is 2.21. The molecule has 0 amide bonds. The Hall–Kier alpha value is -1.42. The van der Waals surface area contributed by atoms with E-state index in [0.29, 0.717) is 0 Å². The minimum atomic E-state index is 0.814. The van der Waals surface area contributed by atoms with E-state index < -0.39 is 0 Å². The topological polar surface area (TPSA) is 42.1 Å². The number of pyridine rings is 1. The normalized spacial score (nSPS) is 10.8. The zero-order valence-corrected chi connectivity index (χ0v) is 11.7. The molecule has 0 bridgehead atoms. The number of hydrogen-bond acceptors (Lipinski definition) is 4. The molecular weight excluding hydrogens is 242 g/mol. The fourth-order valence-electron chi connectivity index (χ4n) is 2.10. The monoisotopic (exact) mass is 261 g/mol. The summed E-state index contributed by atoms with van der Waals surface area (Å²) in [6.45, 7) is 1.05. The van der Waals surface area contributed by atoms with Crippen LogP contribution in [0.3, 0.4) is 0 Å². The minimum absolute atomic E-state index is 0.814. The molecule has 1 aromatic heterocycles. The Morgan fingerprint density at radius 3 is 2.89 bits per heavy atom. The lowest BCUT2D eigenvalue weighted by Crippen LogP contribution is -2.19. The van der Waals surface area contributed by atoms with Gasteiger partial charge in [-0.05, 0) is 36.6 Å². The Kier molecular flexibility index (Phi) is 4.31. The fourth-order valence-corrected chi connectivity index (χ4v) is 2.52. The first-order valence-electron chi connectivity index (χ1n) is 6.06. The lowest BCUT2D eigenvalue weighted by Gasteiger charge is -2.21. The second kappa shape index (κ2) is 5.96. The van der Waals surface area contributed by atoms with Crippen molar-refractivity contribution in [3.05, 3.63) is 30.6 Å². The predicted molar refractivity (Wildman–Crippen MR) is 82.4 cm³/mol. The predicted octanol–water partition coefficient (Wildman–Crippen LogP) is 3.01. The second-order valence-electron chi connectivity index (χ2n) is 4.36. The largest absolute Gasteiger partial charge is 0.398 e. The van der Waals surface area contributed by atoms with Gasteiger partial charge in [-0.3, -0.25) is 4.98 Å². The van der Waals surface area contributed by atoms with Gasteiger partial charge in [-0.1, -0.05) is 0 Å². The molecule has 18 heavy (non-hydrogen) atoms. The van der Waals surface area contributed by atoms with Gasteiger partial charge in [-0.2, -0.15) is 11.8 Å². The maximum absolute atomic E-state index is 6.00. The number of fused-ring (bicyclic) bond motifs is 1. The van der Waals surface area contributed by atoms with Crippen LogP contribution >= 0.6 is 11.8 Å². The Morgan fingerprint density at radius 1 is 1.28 bits per heavy atom. The van der Waals surface area contributed by atoms with Crippen LogP contribution in [-0.2, 0) is 0 Å². The molecule has 0 fully saturated rings. The average Bonchev–Trinajstić information content (AvgIpc) is 2.39. The first-order chi connectivity index (χ1) is 8.74. The smallest absolute Gasteiger partial charge is 0.0460 e. The van der Waals surface area contributed by atoms with Crippen LogP contribution < -0.4 is 10.6 Å². The Morgan fingerprint density at radius 2 is 2.11 bits per heavy atom. The van der Waals surface area contributed by atoms with Crippen molar-refractivity contribution < 1.29 is 0 Å². The molecule has 0 unspecified atom stereocenters. The van der Waals surface area contributed by atoms with Gasteiger partial charge in [0.1, 0.15) is 0 Å². The molecule has 0 saturated carbocycles. The molecule has 96 valence electrons. The molecule has 0 spiro atoms. The van der Waals surface area contributed by atoms with Crippen molar-refractivity contribution in [1.82, 2.24) is 4.98 Å². The van der Waals surface area contributed by atoms with E-state index in [-0.39, 0.29) is 0 Å². The summed E-state index contributed by atoms with van der Waals surface area (Å²) in [6, 6.07) is 6.03.